The Morgan fingerprint density at radius 2 is 2.46 bits per heavy atom. The van der Waals surface area contributed by atoms with E-state index in [0.29, 0.717) is 13.2 Å². The number of rotatable bonds is 5. The molecule has 1 fully saturated rings. The molecular weight excluding hydrogens is 168 g/mol. The second-order valence-electron chi connectivity index (χ2n) is 3.08. The summed E-state index contributed by atoms with van der Waals surface area (Å²) < 4.78 is 10.6. The summed E-state index contributed by atoms with van der Waals surface area (Å²) in [5.41, 5.74) is 5.30. The third kappa shape index (κ3) is 3.76. The Kier molecular flexibility index (Phi) is 4.82. The van der Waals surface area contributed by atoms with Gasteiger partial charge in [0.25, 0.3) is 0 Å². The van der Waals surface area contributed by atoms with E-state index in [0.717, 1.165) is 12.8 Å². The van der Waals surface area contributed by atoms with E-state index in [-0.39, 0.29) is 12.3 Å². The Labute approximate surface area is 79.1 Å². The lowest BCUT2D eigenvalue weighted by Gasteiger charge is -2.12. The van der Waals surface area contributed by atoms with Crippen molar-refractivity contribution in [3.63, 3.8) is 0 Å². The summed E-state index contributed by atoms with van der Waals surface area (Å²) in [5, 5.41) is 3.13. The number of hydrogen-bond acceptors (Lipinski definition) is 4. The van der Waals surface area contributed by atoms with E-state index in [4.69, 9.17) is 15.2 Å². The largest absolute Gasteiger partial charge is 0.382 e. The molecule has 3 N–H and O–H groups in total. The summed E-state index contributed by atoms with van der Waals surface area (Å²) >= 11 is 0. The Morgan fingerprint density at radius 1 is 1.62 bits per heavy atom. The monoisotopic (exact) mass is 186 g/mol. The smallest absolute Gasteiger partial charge is 0.127 e. The molecule has 0 bridgehead atoms. The van der Waals surface area contributed by atoms with E-state index in [9.17, 15) is 0 Å². The van der Waals surface area contributed by atoms with Crippen LogP contribution >= 0.6 is 0 Å². The first kappa shape index (κ1) is 10.5. The zero-order chi connectivity index (χ0) is 9.52. The molecule has 0 saturated carbocycles. The van der Waals surface area contributed by atoms with Gasteiger partial charge in [-0.2, -0.15) is 0 Å². The van der Waals surface area contributed by atoms with E-state index < -0.39 is 0 Å². The normalized spacial score (nSPS) is 28.5. The fraction of sp³-hybridized carbons (Fsp3) is 0.778. The van der Waals surface area contributed by atoms with Crippen molar-refractivity contribution in [3.8, 4) is 0 Å². The molecule has 2 atom stereocenters. The van der Waals surface area contributed by atoms with Gasteiger partial charge in [-0.15, -0.1) is 0 Å². The van der Waals surface area contributed by atoms with Crippen molar-refractivity contribution in [3.05, 3.63) is 12.3 Å². The van der Waals surface area contributed by atoms with Crippen molar-refractivity contribution < 1.29 is 9.47 Å². The lowest BCUT2D eigenvalue weighted by molar-refractivity contribution is -0.00877. The van der Waals surface area contributed by atoms with Crippen LogP contribution in [0.25, 0.3) is 0 Å². The minimum absolute atomic E-state index is 0.128. The van der Waals surface area contributed by atoms with Crippen LogP contribution in [0.1, 0.15) is 12.8 Å². The highest BCUT2D eigenvalue weighted by atomic mass is 16.5. The molecule has 13 heavy (non-hydrogen) atoms. The average molecular weight is 186 g/mol. The third-order valence-electron chi connectivity index (χ3n) is 2.00. The van der Waals surface area contributed by atoms with Crippen molar-refractivity contribution in [2.75, 3.05) is 20.3 Å². The Balaban J connectivity index is 2.13. The standard InChI is InChI=1S/C9H18N2O2/c1-12-7-8-3-4-9(13-8)11-6-2-5-10/h2,6,8-9,11H,3-5,7,10H2,1H3/b6-2-. The first-order chi connectivity index (χ1) is 6.36. The first-order valence-electron chi connectivity index (χ1n) is 4.62. The molecule has 1 aliphatic rings. The molecule has 4 nitrogen and oxygen atoms in total. The highest BCUT2D eigenvalue weighted by Crippen LogP contribution is 2.17. The molecule has 1 rings (SSSR count). The minimum atomic E-state index is 0.128. The maximum absolute atomic E-state index is 5.62. The van der Waals surface area contributed by atoms with Crippen LogP contribution in [0.4, 0.5) is 0 Å². The molecule has 76 valence electrons. The molecular formula is C9H18N2O2. The van der Waals surface area contributed by atoms with Crippen molar-refractivity contribution in [2.24, 2.45) is 5.73 Å². The second kappa shape index (κ2) is 5.96. The fourth-order valence-electron chi connectivity index (χ4n) is 1.38. The van der Waals surface area contributed by atoms with Gasteiger partial charge in [0, 0.05) is 13.7 Å². The van der Waals surface area contributed by atoms with E-state index >= 15 is 0 Å². The van der Waals surface area contributed by atoms with Gasteiger partial charge in [0.05, 0.1) is 12.7 Å². The van der Waals surface area contributed by atoms with E-state index in [1.54, 1.807) is 7.11 Å². The van der Waals surface area contributed by atoms with Crippen LogP contribution in [-0.2, 0) is 9.47 Å². The minimum Gasteiger partial charge on any atom is -0.382 e. The van der Waals surface area contributed by atoms with E-state index in [1.165, 1.54) is 0 Å². The predicted octanol–water partition coefficient (Wildman–Crippen LogP) is 0.200. The van der Waals surface area contributed by atoms with Gasteiger partial charge < -0.3 is 20.5 Å². The van der Waals surface area contributed by atoms with E-state index in [2.05, 4.69) is 5.32 Å². The van der Waals surface area contributed by atoms with Crippen LogP contribution in [0.2, 0.25) is 0 Å². The lowest BCUT2D eigenvalue weighted by atomic mass is 10.2. The third-order valence-corrected chi connectivity index (χ3v) is 2.00. The summed E-state index contributed by atoms with van der Waals surface area (Å²) in [4.78, 5) is 0. The maximum atomic E-state index is 5.62. The summed E-state index contributed by atoms with van der Waals surface area (Å²) in [5.74, 6) is 0. The summed E-state index contributed by atoms with van der Waals surface area (Å²) in [7, 11) is 1.69. The first-order valence-corrected chi connectivity index (χ1v) is 4.62. The van der Waals surface area contributed by atoms with Gasteiger partial charge in [-0.05, 0) is 19.0 Å². The number of ether oxygens (including phenoxy) is 2. The highest BCUT2D eigenvalue weighted by molar-refractivity contribution is 4.83. The van der Waals surface area contributed by atoms with Gasteiger partial charge >= 0.3 is 0 Å². The quantitative estimate of drug-likeness (QED) is 0.644. The van der Waals surface area contributed by atoms with Crippen LogP contribution in [0.3, 0.4) is 0 Å². The van der Waals surface area contributed by atoms with Crippen LogP contribution in [0.15, 0.2) is 12.3 Å². The van der Waals surface area contributed by atoms with Gasteiger partial charge in [0.1, 0.15) is 6.23 Å². The van der Waals surface area contributed by atoms with Gasteiger partial charge in [-0.25, -0.2) is 0 Å². The maximum Gasteiger partial charge on any atom is 0.127 e. The predicted molar refractivity (Wildman–Crippen MR) is 51.1 cm³/mol. The number of methoxy groups -OCH3 is 1. The summed E-state index contributed by atoms with van der Waals surface area (Å²) in [6.07, 6.45) is 6.18. The van der Waals surface area contributed by atoms with Crippen LogP contribution in [0, 0.1) is 0 Å². The molecule has 0 aromatic heterocycles. The van der Waals surface area contributed by atoms with Crippen molar-refractivity contribution >= 4 is 0 Å². The Hall–Kier alpha value is -0.580. The lowest BCUT2D eigenvalue weighted by Crippen LogP contribution is -2.25. The van der Waals surface area contributed by atoms with Crippen molar-refractivity contribution in [1.29, 1.82) is 0 Å². The molecule has 1 heterocycles. The molecule has 0 amide bonds. The summed E-state index contributed by atoms with van der Waals surface area (Å²) in [6, 6.07) is 0. The SMILES string of the molecule is COCC1CCC(N/C=C\CN)O1. The van der Waals surface area contributed by atoms with Crippen molar-refractivity contribution in [2.45, 2.75) is 25.2 Å². The Morgan fingerprint density at radius 3 is 3.15 bits per heavy atom. The molecule has 0 radical (unpaired) electrons. The topological polar surface area (TPSA) is 56.5 Å². The number of nitrogens with two attached hydrogens (primary N) is 1. The second-order valence-corrected chi connectivity index (χ2v) is 3.08. The number of nitrogens with one attached hydrogen (secondary N) is 1. The van der Waals surface area contributed by atoms with E-state index in [1.807, 2.05) is 12.3 Å². The molecule has 1 aliphatic heterocycles. The molecule has 0 aromatic carbocycles. The Bertz CT molecular complexity index is 162. The van der Waals surface area contributed by atoms with Gasteiger partial charge in [0.15, 0.2) is 0 Å². The molecule has 2 unspecified atom stereocenters. The van der Waals surface area contributed by atoms with Gasteiger partial charge in [-0.1, -0.05) is 6.08 Å². The van der Waals surface area contributed by atoms with Crippen LogP contribution < -0.4 is 11.1 Å². The van der Waals surface area contributed by atoms with Gasteiger partial charge in [-0.3, -0.25) is 0 Å². The molecule has 4 heteroatoms. The van der Waals surface area contributed by atoms with Crippen LogP contribution in [0.5, 0.6) is 0 Å². The number of hydrogen-bond donors (Lipinski definition) is 2. The van der Waals surface area contributed by atoms with Crippen molar-refractivity contribution in [1.82, 2.24) is 5.32 Å². The summed E-state index contributed by atoms with van der Waals surface area (Å²) in [6.45, 7) is 1.24. The van der Waals surface area contributed by atoms with Crippen LogP contribution in [-0.4, -0.2) is 32.6 Å². The fourth-order valence-corrected chi connectivity index (χ4v) is 1.38. The van der Waals surface area contributed by atoms with Gasteiger partial charge in [0.2, 0.25) is 0 Å². The molecule has 0 aliphatic carbocycles. The molecule has 0 aromatic rings. The molecule has 0 spiro atoms. The average Bonchev–Trinajstić information content (AvgIpc) is 2.54. The zero-order valence-electron chi connectivity index (χ0n) is 8.03. The highest BCUT2D eigenvalue weighted by Gasteiger charge is 2.23. The zero-order valence-corrected chi connectivity index (χ0v) is 8.03. The molecule has 1 saturated heterocycles.